The van der Waals surface area contributed by atoms with Crippen LogP contribution in [0.3, 0.4) is 0 Å². The zero-order valence-corrected chi connectivity index (χ0v) is 7.20. The van der Waals surface area contributed by atoms with E-state index in [1.807, 2.05) is 18.3 Å². The SMILES string of the molecule is CC(C)c1cccc(NC#N)n1. The molecule has 0 atom stereocenters. The van der Waals surface area contributed by atoms with Crippen LogP contribution in [0.5, 0.6) is 0 Å². The Morgan fingerprint density at radius 3 is 2.83 bits per heavy atom. The van der Waals surface area contributed by atoms with E-state index in [1.165, 1.54) is 0 Å². The second kappa shape index (κ2) is 3.72. The average molecular weight is 161 g/mol. The fraction of sp³-hybridized carbons (Fsp3) is 0.333. The van der Waals surface area contributed by atoms with Crippen molar-refractivity contribution in [1.82, 2.24) is 4.98 Å². The molecule has 0 amide bonds. The molecular weight excluding hydrogens is 150 g/mol. The van der Waals surface area contributed by atoms with Gasteiger partial charge in [0, 0.05) is 5.69 Å². The van der Waals surface area contributed by atoms with Crippen molar-refractivity contribution < 1.29 is 0 Å². The minimum absolute atomic E-state index is 0.394. The molecule has 0 unspecified atom stereocenters. The molecular formula is C9H11N3. The van der Waals surface area contributed by atoms with Crippen LogP contribution >= 0.6 is 0 Å². The zero-order valence-electron chi connectivity index (χ0n) is 7.20. The third-order valence-corrected chi connectivity index (χ3v) is 1.55. The second-order valence-electron chi connectivity index (χ2n) is 2.84. The predicted molar refractivity (Wildman–Crippen MR) is 47.6 cm³/mol. The minimum Gasteiger partial charge on any atom is -0.277 e. The first-order valence-corrected chi connectivity index (χ1v) is 3.86. The monoisotopic (exact) mass is 161 g/mol. The third kappa shape index (κ3) is 1.96. The molecule has 0 radical (unpaired) electrons. The summed E-state index contributed by atoms with van der Waals surface area (Å²) in [6.45, 7) is 4.14. The fourth-order valence-electron chi connectivity index (χ4n) is 0.900. The molecule has 0 fully saturated rings. The van der Waals surface area contributed by atoms with Gasteiger partial charge in [-0.1, -0.05) is 19.9 Å². The first-order valence-electron chi connectivity index (χ1n) is 3.86. The number of nitriles is 1. The highest BCUT2D eigenvalue weighted by molar-refractivity contribution is 5.39. The summed E-state index contributed by atoms with van der Waals surface area (Å²) in [4.78, 5) is 4.23. The van der Waals surface area contributed by atoms with Gasteiger partial charge in [-0.15, -0.1) is 0 Å². The summed E-state index contributed by atoms with van der Waals surface area (Å²) in [5, 5.41) is 10.8. The van der Waals surface area contributed by atoms with Gasteiger partial charge in [0.05, 0.1) is 0 Å². The maximum absolute atomic E-state index is 8.35. The molecule has 0 saturated heterocycles. The molecule has 1 aromatic heterocycles. The molecule has 0 bridgehead atoms. The number of nitrogens with one attached hydrogen (secondary N) is 1. The summed E-state index contributed by atoms with van der Waals surface area (Å²) in [5.74, 6) is 1.01. The van der Waals surface area contributed by atoms with Crippen LogP contribution in [0, 0.1) is 11.5 Å². The van der Waals surface area contributed by atoms with Crippen molar-refractivity contribution in [3.63, 3.8) is 0 Å². The maximum atomic E-state index is 8.35. The molecule has 1 heterocycles. The van der Waals surface area contributed by atoms with E-state index in [2.05, 4.69) is 24.1 Å². The van der Waals surface area contributed by atoms with E-state index in [0.29, 0.717) is 11.7 Å². The number of hydrogen-bond acceptors (Lipinski definition) is 3. The molecule has 0 spiro atoms. The Morgan fingerprint density at radius 2 is 2.25 bits per heavy atom. The Labute approximate surface area is 72.1 Å². The molecule has 3 heteroatoms. The van der Waals surface area contributed by atoms with Crippen molar-refractivity contribution in [2.24, 2.45) is 0 Å². The summed E-state index contributed by atoms with van der Waals surface area (Å²) in [6.07, 6.45) is 1.84. The lowest BCUT2D eigenvalue weighted by Crippen LogP contribution is -1.96. The molecule has 0 saturated carbocycles. The van der Waals surface area contributed by atoms with E-state index in [1.54, 1.807) is 6.07 Å². The zero-order chi connectivity index (χ0) is 8.97. The average Bonchev–Trinajstić information content (AvgIpc) is 2.05. The van der Waals surface area contributed by atoms with E-state index >= 15 is 0 Å². The van der Waals surface area contributed by atoms with Gasteiger partial charge in [-0.2, -0.15) is 5.26 Å². The first kappa shape index (κ1) is 8.54. The Hall–Kier alpha value is -1.56. The lowest BCUT2D eigenvalue weighted by Gasteiger charge is -2.04. The van der Waals surface area contributed by atoms with Gasteiger partial charge in [0.25, 0.3) is 0 Å². The van der Waals surface area contributed by atoms with E-state index < -0.39 is 0 Å². The molecule has 12 heavy (non-hydrogen) atoms. The van der Waals surface area contributed by atoms with Crippen molar-refractivity contribution in [2.45, 2.75) is 19.8 Å². The van der Waals surface area contributed by atoms with E-state index in [-0.39, 0.29) is 0 Å². The summed E-state index contributed by atoms with van der Waals surface area (Å²) in [7, 11) is 0. The van der Waals surface area contributed by atoms with E-state index in [0.717, 1.165) is 5.69 Å². The van der Waals surface area contributed by atoms with Crippen molar-refractivity contribution in [3.8, 4) is 6.19 Å². The van der Waals surface area contributed by atoms with Gasteiger partial charge in [-0.25, -0.2) is 4.98 Å². The third-order valence-electron chi connectivity index (χ3n) is 1.55. The highest BCUT2D eigenvalue weighted by Gasteiger charge is 2.00. The smallest absolute Gasteiger partial charge is 0.182 e. The number of anilines is 1. The highest BCUT2D eigenvalue weighted by atomic mass is 15.0. The van der Waals surface area contributed by atoms with Crippen molar-refractivity contribution in [3.05, 3.63) is 23.9 Å². The molecule has 0 aromatic carbocycles. The molecule has 0 aliphatic carbocycles. The molecule has 1 aromatic rings. The predicted octanol–water partition coefficient (Wildman–Crippen LogP) is 2.10. The maximum Gasteiger partial charge on any atom is 0.182 e. The number of hydrogen-bond donors (Lipinski definition) is 1. The molecule has 1 rings (SSSR count). The van der Waals surface area contributed by atoms with Gasteiger partial charge < -0.3 is 0 Å². The van der Waals surface area contributed by atoms with Crippen LogP contribution in [0.1, 0.15) is 25.5 Å². The molecule has 62 valence electrons. The van der Waals surface area contributed by atoms with Crippen molar-refractivity contribution in [2.75, 3.05) is 5.32 Å². The van der Waals surface area contributed by atoms with Crippen LogP contribution in [0.15, 0.2) is 18.2 Å². The van der Waals surface area contributed by atoms with Crippen LogP contribution < -0.4 is 5.32 Å². The van der Waals surface area contributed by atoms with Crippen LogP contribution in [-0.4, -0.2) is 4.98 Å². The summed E-state index contributed by atoms with van der Waals surface area (Å²) in [6, 6.07) is 5.62. The van der Waals surface area contributed by atoms with E-state index in [4.69, 9.17) is 5.26 Å². The fourth-order valence-corrected chi connectivity index (χ4v) is 0.900. The van der Waals surface area contributed by atoms with Crippen molar-refractivity contribution in [1.29, 1.82) is 5.26 Å². The number of aromatic nitrogens is 1. The van der Waals surface area contributed by atoms with Crippen molar-refractivity contribution >= 4 is 5.82 Å². The van der Waals surface area contributed by atoms with Gasteiger partial charge >= 0.3 is 0 Å². The Balaban J connectivity index is 2.90. The topological polar surface area (TPSA) is 48.7 Å². The Bertz CT molecular complexity index is 299. The standard InChI is InChI=1S/C9H11N3/c1-7(2)8-4-3-5-9(12-8)11-6-10/h3-5,7H,1-2H3,(H,11,12). The lowest BCUT2D eigenvalue weighted by molar-refractivity contribution is 0.825. The summed E-state index contributed by atoms with van der Waals surface area (Å²) < 4.78 is 0. The van der Waals surface area contributed by atoms with Crippen LogP contribution in [0.2, 0.25) is 0 Å². The number of rotatable bonds is 2. The Morgan fingerprint density at radius 1 is 1.50 bits per heavy atom. The largest absolute Gasteiger partial charge is 0.277 e. The quantitative estimate of drug-likeness (QED) is 0.533. The van der Waals surface area contributed by atoms with E-state index in [9.17, 15) is 0 Å². The molecule has 3 nitrogen and oxygen atoms in total. The number of pyridine rings is 1. The summed E-state index contributed by atoms with van der Waals surface area (Å²) >= 11 is 0. The van der Waals surface area contributed by atoms with Crippen LogP contribution in [0.25, 0.3) is 0 Å². The molecule has 0 aliphatic rings. The van der Waals surface area contributed by atoms with Gasteiger partial charge in [-0.3, -0.25) is 5.32 Å². The van der Waals surface area contributed by atoms with Gasteiger partial charge in [0.1, 0.15) is 5.82 Å². The minimum atomic E-state index is 0.394. The normalized spacial score (nSPS) is 9.50. The lowest BCUT2D eigenvalue weighted by atomic mass is 10.1. The van der Waals surface area contributed by atoms with Gasteiger partial charge in [0.2, 0.25) is 0 Å². The Kier molecular flexibility index (Phi) is 2.65. The molecule has 0 aliphatic heterocycles. The summed E-state index contributed by atoms with van der Waals surface area (Å²) in [5.41, 5.74) is 0.996. The highest BCUT2D eigenvalue weighted by Crippen LogP contribution is 2.13. The first-order chi connectivity index (χ1) is 5.74. The van der Waals surface area contributed by atoms with Crippen LogP contribution in [-0.2, 0) is 0 Å². The number of nitrogens with zero attached hydrogens (tertiary/aromatic N) is 2. The van der Waals surface area contributed by atoms with Gasteiger partial charge in [0.15, 0.2) is 6.19 Å². The van der Waals surface area contributed by atoms with Crippen LogP contribution in [0.4, 0.5) is 5.82 Å². The van der Waals surface area contributed by atoms with Gasteiger partial charge in [-0.05, 0) is 18.1 Å². The molecule has 1 N–H and O–H groups in total. The second-order valence-corrected chi connectivity index (χ2v) is 2.84.